The summed E-state index contributed by atoms with van der Waals surface area (Å²) in [5, 5.41) is 0. The molecule has 1 heterocycles. The van der Waals surface area contributed by atoms with E-state index < -0.39 is 0 Å². The Bertz CT molecular complexity index is 298. The first-order valence-corrected chi connectivity index (χ1v) is 4.33. The van der Waals surface area contributed by atoms with Crippen LogP contribution in [0, 0.1) is 0 Å². The van der Waals surface area contributed by atoms with Crippen molar-refractivity contribution in [3.8, 4) is 0 Å². The van der Waals surface area contributed by atoms with Crippen molar-refractivity contribution in [3.63, 3.8) is 0 Å². The molecule has 1 aromatic rings. The van der Waals surface area contributed by atoms with Crippen LogP contribution < -0.4 is 0 Å². The standard InChI is InChI=1S/C8H11ClN4/c1-13(2)6-12-8-3-7(4-9)10-5-11-8/h3,5-6H,4H2,1-2H3/b12-6-. The van der Waals surface area contributed by atoms with Gasteiger partial charge in [-0.1, -0.05) is 0 Å². The molecule has 70 valence electrons. The minimum atomic E-state index is 0.382. The lowest BCUT2D eigenvalue weighted by molar-refractivity contribution is 0.643. The van der Waals surface area contributed by atoms with Crippen LogP contribution in [0.25, 0.3) is 0 Å². The summed E-state index contributed by atoms with van der Waals surface area (Å²) in [6, 6.07) is 1.76. The smallest absolute Gasteiger partial charge is 0.157 e. The largest absolute Gasteiger partial charge is 0.369 e. The number of nitrogens with zero attached hydrogens (tertiary/aromatic N) is 4. The quantitative estimate of drug-likeness (QED) is 0.419. The second-order valence-corrected chi connectivity index (χ2v) is 2.98. The topological polar surface area (TPSA) is 41.4 Å². The highest BCUT2D eigenvalue weighted by atomic mass is 35.5. The second-order valence-electron chi connectivity index (χ2n) is 2.71. The Labute approximate surface area is 82.3 Å². The highest BCUT2D eigenvalue weighted by Crippen LogP contribution is 2.08. The zero-order valence-corrected chi connectivity index (χ0v) is 8.36. The Hall–Kier alpha value is -1.16. The maximum atomic E-state index is 5.61. The van der Waals surface area contributed by atoms with Gasteiger partial charge in [0.05, 0.1) is 17.9 Å². The van der Waals surface area contributed by atoms with Crippen molar-refractivity contribution in [3.05, 3.63) is 18.1 Å². The summed E-state index contributed by atoms with van der Waals surface area (Å²) in [7, 11) is 3.79. The average Bonchev–Trinajstić information content (AvgIpc) is 2.15. The number of aliphatic imine (C=N–C) groups is 1. The molecule has 1 aromatic heterocycles. The monoisotopic (exact) mass is 198 g/mol. The van der Waals surface area contributed by atoms with E-state index >= 15 is 0 Å². The number of rotatable bonds is 3. The lowest BCUT2D eigenvalue weighted by Gasteiger charge is -2.01. The zero-order valence-electron chi connectivity index (χ0n) is 7.61. The molecule has 4 nitrogen and oxygen atoms in total. The highest BCUT2D eigenvalue weighted by Gasteiger charge is 1.94. The first-order chi connectivity index (χ1) is 6.22. The number of aromatic nitrogens is 2. The first-order valence-electron chi connectivity index (χ1n) is 3.80. The summed E-state index contributed by atoms with van der Waals surface area (Å²) in [6.45, 7) is 0. The predicted molar refractivity (Wildman–Crippen MR) is 53.4 cm³/mol. The maximum absolute atomic E-state index is 5.61. The molecule has 0 spiro atoms. The fraction of sp³-hybridized carbons (Fsp3) is 0.375. The molecule has 0 aromatic carbocycles. The van der Waals surface area contributed by atoms with E-state index in [1.807, 2.05) is 19.0 Å². The van der Waals surface area contributed by atoms with Crippen LogP contribution in [-0.2, 0) is 5.88 Å². The normalized spacial score (nSPS) is 10.7. The number of halogens is 1. The molecule has 13 heavy (non-hydrogen) atoms. The van der Waals surface area contributed by atoms with E-state index in [0.717, 1.165) is 5.69 Å². The molecule has 0 N–H and O–H groups in total. The van der Waals surface area contributed by atoms with Crippen LogP contribution in [0.5, 0.6) is 0 Å². The van der Waals surface area contributed by atoms with Gasteiger partial charge in [0.25, 0.3) is 0 Å². The van der Waals surface area contributed by atoms with Crippen molar-refractivity contribution in [1.29, 1.82) is 0 Å². The van der Waals surface area contributed by atoms with Crippen LogP contribution in [0.1, 0.15) is 5.69 Å². The highest BCUT2D eigenvalue weighted by molar-refractivity contribution is 6.16. The van der Waals surface area contributed by atoms with Gasteiger partial charge in [0.15, 0.2) is 5.82 Å². The molecule has 0 bridgehead atoms. The molecular weight excluding hydrogens is 188 g/mol. The number of hydrogen-bond donors (Lipinski definition) is 0. The fourth-order valence-electron chi connectivity index (χ4n) is 0.704. The summed E-state index contributed by atoms with van der Waals surface area (Å²) in [6.07, 6.45) is 3.14. The van der Waals surface area contributed by atoms with Gasteiger partial charge in [-0.2, -0.15) is 0 Å². The van der Waals surface area contributed by atoms with Crippen molar-refractivity contribution < 1.29 is 0 Å². The van der Waals surface area contributed by atoms with Crippen LogP contribution in [0.4, 0.5) is 5.82 Å². The maximum Gasteiger partial charge on any atom is 0.157 e. The molecule has 0 atom stereocenters. The minimum Gasteiger partial charge on any atom is -0.369 e. The third kappa shape index (κ3) is 3.38. The van der Waals surface area contributed by atoms with Gasteiger partial charge in [-0.3, -0.25) is 0 Å². The Morgan fingerprint density at radius 2 is 2.31 bits per heavy atom. The number of alkyl halides is 1. The lowest BCUT2D eigenvalue weighted by Crippen LogP contribution is -2.07. The summed E-state index contributed by atoms with van der Waals surface area (Å²) in [4.78, 5) is 13.9. The van der Waals surface area contributed by atoms with Gasteiger partial charge in [0.2, 0.25) is 0 Å². The predicted octanol–water partition coefficient (Wildman–Crippen LogP) is 1.44. The molecule has 5 heteroatoms. The van der Waals surface area contributed by atoms with Crippen molar-refractivity contribution in [2.75, 3.05) is 14.1 Å². The van der Waals surface area contributed by atoms with Crippen LogP contribution in [0.3, 0.4) is 0 Å². The van der Waals surface area contributed by atoms with Crippen LogP contribution in [-0.4, -0.2) is 35.3 Å². The van der Waals surface area contributed by atoms with E-state index in [1.54, 1.807) is 12.4 Å². The van der Waals surface area contributed by atoms with E-state index in [2.05, 4.69) is 15.0 Å². The van der Waals surface area contributed by atoms with E-state index in [1.165, 1.54) is 6.33 Å². The fourth-order valence-corrected chi connectivity index (χ4v) is 0.850. The molecule has 0 aliphatic rings. The molecule has 0 unspecified atom stereocenters. The van der Waals surface area contributed by atoms with Gasteiger partial charge >= 0.3 is 0 Å². The SMILES string of the molecule is CN(C)/C=N\c1cc(CCl)ncn1. The third-order valence-corrected chi connectivity index (χ3v) is 1.54. The van der Waals surface area contributed by atoms with E-state index in [-0.39, 0.29) is 0 Å². The number of hydrogen-bond acceptors (Lipinski definition) is 3. The van der Waals surface area contributed by atoms with Crippen molar-refractivity contribution in [2.45, 2.75) is 5.88 Å². The average molecular weight is 199 g/mol. The van der Waals surface area contributed by atoms with Crippen LogP contribution >= 0.6 is 11.6 Å². The molecule has 1 rings (SSSR count). The Morgan fingerprint density at radius 3 is 2.92 bits per heavy atom. The minimum absolute atomic E-state index is 0.382. The summed E-state index contributed by atoms with van der Waals surface area (Å²) in [5.74, 6) is 1.01. The van der Waals surface area contributed by atoms with Crippen molar-refractivity contribution in [1.82, 2.24) is 14.9 Å². The Balaban J connectivity index is 2.77. The molecule has 0 aliphatic carbocycles. The van der Waals surface area contributed by atoms with Gasteiger partial charge in [-0.25, -0.2) is 15.0 Å². The van der Waals surface area contributed by atoms with E-state index in [0.29, 0.717) is 11.7 Å². The molecular formula is C8H11ClN4. The Morgan fingerprint density at radius 1 is 1.54 bits per heavy atom. The molecule has 0 radical (unpaired) electrons. The third-order valence-electron chi connectivity index (χ3n) is 1.27. The second kappa shape index (κ2) is 4.77. The molecule has 0 aliphatic heterocycles. The molecule has 0 saturated heterocycles. The van der Waals surface area contributed by atoms with Crippen LogP contribution in [0.2, 0.25) is 0 Å². The Kier molecular flexibility index (Phi) is 3.64. The van der Waals surface area contributed by atoms with Gasteiger partial charge in [0.1, 0.15) is 6.33 Å². The van der Waals surface area contributed by atoms with Gasteiger partial charge < -0.3 is 4.90 Å². The molecule has 0 saturated carbocycles. The first kappa shape index (κ1) is 9.92. The van der Waals surface area contributed by atoms with Gasteiger partial charge in [-0.05, 0) is 0 Å². The summed E-state index contributed by atoms with van der Waals surface area (Å²) < 4.78 is 0. The van der Waals surface area contributed by atoms with Crippen molar-refractivity contribution in [2.24, 2.45) is 4.99 Å². The van der Waals surface area contributed by atoms with Crippen LogP contribution in [0.15, 0.2) is 17.4 Å². The van der Waals surface area contributed by atoms with E-state index in [4.69, 9.17) is 11.6 Å². The summed E-state index contributed by atoms with van der Waals surface area (Å²) in [5.41, 5.74) is 0.780. The zero-order chi connectivity index (χ0) is 9.68. The molecule has 0 amide bonds. The van der Waals surface area contributed by atoms with E-state index in [9.17, 15) is 0 Å². The van der Waals surface area contributed by atoms with Gasteiger partial charge in [0, 0.05) is 20.2 Å². The molecule has 0 fully saturated rings. The van der Waals surface area contributed by atoms with Crippen molar-refractivity contribution >= 4 is 23.8 Å². The lowest BCUT2D eigenvalue weighted by atomic mass is 10.4. The van der Waals surface area contributed by atoms with Gasteiger partial charge in [-0.15, -0.1) is 11.6 Å². The summed E-state index contributed by atoms with van der Waals surface area (Å²) >= 11 is 5.61.